The van der Waals surface area contributed by atoms with Crippen molar-refractivity contribution >= 4 is 45.7 Å². The standard InChI is InChI=1S/C26H27N5O3S/c1-34-22-11-6-16-4-2-3-5-20(16)21(22)15-28-17-7-9-18(10-8-17)29-25-27-13-12-19(30-25)14-23-24(32)31-26(33)35-23/h2-6,11-14,17-18,28H,7-10,15H2,1H3,(H,27,29,30)(H,31,32,33)/b23-14-/t17-,18-. The average Bonchev–Trinajstić information content (AvgIpc) is 3.19. The number of benzene rings is 2. The summed E-state index contributed by atoms with van der Waals surface area (Å²) in [4.78, 5) is 32.3. The van der Waals surface area contributed by atoms with Gasteiger partial charge in [0.05, 0.1) is 17.7 Å². The maximum absolute atomic E-state index is 11.8. The summed E-state index contributed by atoms with van der Waals surface area (Å²) in [7, 11) is 1.72. The number of nitrogens with one attached hydrogen (secondary N) is 3. The number of hydrogen-bond acceptors (Lipinski definition) is 8. The Bertz CT molecular complexity index is 1290. The molecule has 0 radical (unpaired) electrons. The van der Waals surface area contributed by atoms with Crippen LogP contribution in [-0.4, -0.2) is 40.3 Å². The minimum absolute atomic E-state index is 0.286. The minimum Gasteiger partial charge on any atom is -0.496 e. The number of rotatable bonds is 7. The zero-order chi connectivity index (χ0) is 24.2. The lowest BCUT2D eigenvalue weighted by Gasteiger charge is -2.30. The van der Waals surface area contributed by atoms with Crippen LogP contribution in [0.2, 0.25) is 0 Å². The van der Waals surface area contributed by atoms with Gasteiger partial charge in [0.2, 0.25) is 5.95 Å². The zero-order valence-corrected chi connectivity index (χ0v) is 20.2. The monoisotopic (exact) mass is 489 g/mol. The van der Waals surface area contributed by atoms with Crippen LogP contribution in [-0.2, 0) is 11.3 Å². The maximum atomic E-state index is 11.8. The van der Waals surface area contributed by atoms with Crippen LogP contribution in [0, 0.1) is 0 Å². The van der Waals surface area contributed by atoms with Gasteiger partial charge in [-0.15, -0.1) is 0 Å². The molecule has 0 bridgehead atoms. The summed E-state index contributed by atoms with van der Waals surface area (Å²) in [5, 5.41) is 11.5. The van der Waals surface area contributed by atoms with Gasteiger partial charge in [0, 0.05) is 30.4 Å². The summed E-state index contributed by atoms with van der Waals surface area (Å²) in [6.45, 7) is 0.765. The molecule has 2 aliphatic rings. The highest BCUT2D eigenvalue weighted by molar-refractivity contribution is 8.18. The number of aromatic nitrogens is 2. The fourth-order valence-electron chi connectivity index (χ4n) is 4.64. The number of carbonyl (C=O) groups excluding carboxylic acids is 2. The van der Waals surface area contributed by atoms with Gasteiger partial charge in [-0.2, -0.15) is 0 Å². The van der Waals surface area contributed by atoms with E-state index in [9.17, 15) is 9.59 Å². The zero-order valence-electron chi connectivity index (χ0n) is 19.4. The molecule has 2 amide bonds. The Kier molecular flexibility index (Phi) is 6.96. The normalized spacial score (nSPS) is 21.3. The summed E-state index contributed by atoms with van der Waals surface area (Å²) in [5.74, 6) is 1.06. The molecule has 1 saturated heterocycles. The average molecular weight is 490 g/mol. The molecule has 8 nitrogen and oxygen atoms in total. The van der Waals surface area contributed by atoms with Gasteiger partial charge in [-0.3, -0.25) is 14.9 Å². The molecule has 9 heteroatoms. The SMILES string of the molecule is COc1ccc2ccccc2c1CN[C@H]1CC[C@H](Nc2nccc(/C=C3\SC(=O)NC3=O)n2)CC1. The highest BCUT2D eigenvalue weighted by Gasteiger charge is 2.25. The molecule has 2 aromatic carbocycles. The lowest BCUT2D eigenvalue weighted by Crippen LogP contribution is -2.37. The van der Waals surface area contributed by atoms with Crippen LogP contribution in [0.5, 0.6) is 5.75 Å². The number of ether oxygens (including phenoxy) is 1. The van der Waals surface area contributed by atoms with E-state index < -0.39 is 0 Å². The second-order valence-corrected chi connectivity index (χ2v) is 9.71. The Morgan fingerprint density at radius 3 is 2.66 bits per heavy atom. The summed E-state index contributed by atoms with van der Waals surface area (Å²) in [6.07, 6.45) is 7.38. The molecule has 2 fully saturated rings. The first-order valence-electron chi connectivity index (χ1n) is 11.7. The van der Waals surface area contributed by atoms with E-state index in [1.54, 1.807) is 25.4 Å². The lowest BCUT2D eigenvalue weighted by atomic mass is 9.91. The third-order valence-corrected chi connectivity index (χ3v) is 7.25. The molecule has 1 aromatic heterocycles. The molecule has 1 aliphatic heterocycles. The molecule has 3 aromatic rings. The smallest absolute Gasteiger partial charge is 0.290 e. The van der Waals surface area contributed by atoms with Crippen LogP contribution in [0.15, 0.2) is 53.6 Å². The van der Waals surface area contributed by atoms with Crippen LogP contribution in [0.25, 0.3) is 16.8 Å². The number of hydrogen-bond donors (Lipinski definition) is 3. The molecule has 3 N–H and O–H groups in total. The van der Waals surface area contributed by atoms with Crippen molar-refractivity contribution in [3.05, 3.63) is 64.8 Å². The molecular formula is C26H27N5O3S. The second kappa shape index (κ2) is 10.5. The van der Waals surface area contributed by atoms with Gasteiger partial charge in [-0.05, 0) is 66.4 Å². The number of thioether (sulfide) groups is 1. The predicted octanol–water partition coefficient (Wildman–Crippen LogP) is 4.48. The first kappa shape index (κ1) is 23.3. The molecule has 35 heavy (non-hydrogen) atoms. The van der Waals surface area contributed by atoms with Crippen molar-refractivity contribution in [1.82, 2.24) is 20.6 Å². The summed E-state index contributed by atoms with van der Waals surface area (Å²) in [5.41, 5.74) is 1.79. The molecule has 0 atom stereocenters. The molecular weight excluding hydrogens is 462 g/mol. The quantitative estimate of drug-likeness (QED) is 0.418. The van der Waals surface area contributed by atoms with E-state index in [2.05, 4.69) is 56.3 Å². The summed E-state index contributed by atoms with van der Waals surface area (Å²) < 4.78 is 5.63. The number of anilines is 1. The van der Waals surface area contributed by atoms with E-state index in [0.717, 1.165) is 49.7 Å². The minimum atomic E-state index is -0.389. The Balaban J connectivity index is 1.16. The van der Waals surface area contributed by atoms with Crippen molar-refractivity contribution in [3.8, 4) is 5.75 Å². The van der Waals surface area contributed by atoms with E-state index >= 15 is 0 Å². The van der Waals surface area contributed by atoms with Crippen LogP contribution in [0.3, 0.4) is 0 Å². The topological polar surface area (TPSA) is 105 Å². The first-order valence-corrected chi connectivity index (χ1v) is 12.5. The largest absolute Gasteiger partial charge is 0.496 e. The van der Waals surface area contributed by atoms with Crippen molar-refractivity contribution in [2.24, 2.45) is 0 Å². The fraction of sp³-hybridized carbons (Fsp3) is 0.308. The van der Waals surface area contributed by atoms with Crippen molar-refractivity contribution in [3.63, 3.8) is 0 Å². The van der Waals surface area contributed by atoms with Crippen LogP contribution in [0.1, 0.15) is 36.9 Å². The highest BCUT2D eigenvalue weighted by Crippen LogP contribution is 2.29. The van der Waals surface area contributed by atoms with E-state index in [0.29, 0.717) is 22.6 Å². The molecule has 1 aliphatic carbocycles. The Hall–Kier alpha value is -3.43. The molecule has 1 saturated carbocycles. The van der Waals surface area contributed by atoms with Crippen molar-refractivity contribution in [2.75, 3.05) is 12.4 Å². The van der Waals surface area contributed by atoms with Gasteiger partial charge in [0.15, 0.2) is 0 Å². The molecule has 0 spiro atoms. The third-order valence-electron chi connectivity index (χ3n) is 6.44. The van der Waals surface area contributed by atoms with E-state index in [1.165, 1.54) is 16.3 Å². The molecule has 180 valence electrons. The Morgan fingerprint density at radius 2 is 1.89 bits per heavy atom. The van der Waals surface area contributed by atoms with Crippen molar-refractivity contribution in [1.29, 1.82) is 0 Å². The number of nitrogens with zero attached hydrogens (tertiary/aromatic N) is 2. The van der Waals surface area contributed by atoms with Gasteiger partial charge in [-0.25, -0.2) is 9.97 Å². The highest BCUT2D eigenvalue weighted by atomic mass is 32.2. The molecule has 5 rings (SSSR count). The van der Waals surface area contributed by atoms with Crippen molar-refractivity contribution < 1.29 is 14.3 Å². The number of methoxy groups -OCH3 is 1. The molecule has 2 heterocycles. The maximum Gasteiger partial charge on any atom is 0.290 e. The molecule has 0 unspecified atom stereocenters. The van der Waals surface area contributed by atoms with E-state index in [4.69, 9.17) is 4.74 Å². The van der Waals surface area contributed by atoms with E-state index in [-0.39, 0.29) is 17.2 Å². The van der Waals surface area contributed by atoms with Crippen molar-refractivity contribution in [2.45, 2.75) is 44.3 Å². The lowest BCUT2D eigenvalue weighted by molar-refractivity contribution is -0.115. The van der Waals surface area contributed by atoms with Gasteiger partial charge >= 0.3 is 0 Å². The van der Waals surface area contributed by atoms with Gasteiger partial charge in [-0.1, -0.05) is 30.3 Å². The van der Waals surface area contributed by atoms with Crippen LogP contribution >= 0.6 is 11.8 Å². The fourth-order valence-corrected chi connectivity index (χ4v) is 5.31. The second-order valence-electron chi connectivity index (χ2n) is 8.70. The Morgan fingerprint density at radius 1 is 1.09 bits per heavy atom. The number of amides is 2. The predicted molar refractivity (Wildman–Crippen MR) is 138 cm³/mol. The Labute approximate surface area is 207 Å². The first-order chi connectivity index (χ1) is 17.1. The van der Waals surface area contributed by atoms with E-state index in [1.807, 2.05) is 6.07 Å². The summed E-state index contributed by atoms with van der Waals surface area (Å²) in [6, 6.07) is 15.0. The van der Waals surface area contributed by atoms with Crippen LogP contribution < -0.4 is 20.7 Å². The number of carbonyl (C=O) groups is 2. The van der Waals surface area contributed by atoms with Gasteiger partial charge < -0.3 is 15.4 Å². The van der Waals surface area contributed by atoms with Gasteiger partial charge in [0.25, 0.3) is 11.1 Å². The number of imide groups is 1. The third kappa shape index (κ3) is 5.47. The number of fused-ring (bicyclic) bond motifs is 1. The summed E-state index contributed by atoms with van der Waals surface area (Å²) >= 11 is 0.882. The van der Waals surface area contributed by atoms with Gasteiger partial charge in [0.1, 0.15) is 5.75 Å². The van der Waals surface area contributed by atoms with Crippen LogP contribution in [0.4, 0.5) is 10.7 Å².